The first kappa shape index (κ1) is 16.6. The summed E-state index contributed by atoms with van der Waals surface area (Å²) in [5.41, 5.74) is 0.0903. The zero-order valence-corrected chi connectivity index (χ0v) is 11.7. The van der Waals surface area contributed by atoms with Crippen molar-refractivity contribution in [2.75, 3.05) is 12.3 Å². The largest absolute Gasteiger partial charge is 0.424 e. The van der Waals surface area contributed by atoms with Crippen molar-refractivity contribution in [2.45, 2.75) is 30.2 Å². The van der Waals surface area contributed by atoms with E-state index in [0.717, 1.165) is 6.33 Å². The maximum Gasteiger partial charge on any atom is 0.424 e. The van der Waals surface area contributed by atoms with E-state index in [1.807, 2.05) is 0 Å². The number of nitrogens with zero attached hydrogens (tertiary/aromatic N) is 3. The Balaban J connectivity index is 2.22. The topological polar surface area (TPSA) is 160 Å². The Morgan fingerprint density at radius 1 is 1.50 bits per heavy atom. The molecule has 0 unspecified atom stereocenters. The molecule has 2 aromatic heterocycles. The summed E-state index contributed by atoms with van der Waals surface area (Å²) in [4.78, 5) is 21.1. The van der Waals surface area contributed by atoms with Gasteiger partial charge in [-0.1, -0.05) is 0 Å². The van der Waals surface area contributed by atoms with Crippen LogP contribution in [-0.2, 0) is 4.74 Å². The number of ether oxygens (including phenoxy) is 1. The van der Waals surface area contributed by atoms with Gasteiger partial charge in [-0.3, -0.25) is 14.3 Å². The van der Waals surface area contributed by atoms with Crippen molar-refractivity contribution in [3.8, 4) is 0 Å². The van der Waals surface area contributed by atoms with E-state index in [-0.39, 0.29) is 17.1 Å². The minimum atomic E-state index is -5.32. The van der Waals surface area contributed by atoms with Crippen LogP contribution in [0, 0.1) is 0 Å². The molecule has 6 N–H and O–H groups in total. The first-order valence-electron chi connectivity index (χ1n) is 6.57. The lowest BCUT2D eigenvalue weighted by Crippen LogP contribution is -2.57. The number of halogens is 3. The number of nitrogen functional groups attached to an aromatic ring is 1. The van der Waals surface area contributed by atoms with Crippen LogP contribution in [0.3, 0.4) is 0 Å². The van der Waals surface area contributed by atoms with Gasteiger partial charge in [0.1, 0.15) is 12.2 Å². The number of aromatic nitrogens is 4. The highest BCUT2D eigenvalue weighted by atomic mass is 19.4. The van der Waals surface area contributed by atoms with Crippen molar-refractivity contribution >= 4 is 17.1 Å². The van der Waals surface area contributed by atoms with Crippen LogP contribution >= 0.6 is 0 Å². The molecule has 0 bridgehead atoms. The first-order chi connectivity index (χ1) is 11.1. The molecule has 10 nitrogen and oxygen atoms in total. The number of aliphatic hydroxyl groups is 3. The fourth-order valence-electron chi connectivity index (χ4n) is 2.62. The summed E-state index contributed by atoms with van der Waals surface area (Å²) < 4.78 is 45.8. The summed E-state index contributed by atoms with van der Waals surface area (Å²) in [6.07, 6.45) is -10.9. The van der Waals surface area contributed by atoms with Crippen LogP contribution in [0.5, 0.6) is 0 Å². The van der Waals surface area contributed by atoms with E-state index in [1.54, 1.807) is 0 Å². The molecule has 1 aliphatic rings. The second-order valence-electron chi connectivity index (χ2n) is 5.25. The standard InChI is InChI=1S/C11H12F3N5O5/c12-11(13,14)10(23)5(21)3(1-20)24-8(10)19-2-16-4-6(19)17-9(15)18-7(4)22/h2-3,5,8,20-21,23H,1H2,(H3,15,17,18,22)/t3-,5-,8-,10-/m1/s1. The number of hydrogen-bond donors (Lipinski definition) is 5. The molecule has 0 saturated carbocycles. The minimum Gasteiger partial charge on any atom is -0.394 e. The molecule has 24 heavy (non-hydrogen) atoms. The molecule has 0 radical (unpaired) electrons. The van der Waals surface area contributed by atoms with Crippen LogP contribution in [0.1, 0.15) is 6.23 Å². The smallest absolute Gasteiger partial charge is 0.394 e. The van der Waals surface area contributed by atoms with Gasteiger partial charge in [0.05, 0.1) is 12.9 Å². The number of aliphatic hydroxyl groups excluding tert-OH is 2. The van der Waals surface area contributed by atoms with Gasteiger partial charge in [0.25, 0.3) is 5.56 Å². The quantitative estimate of drug-likeness (QED) is 0.426. The molecule has 0 spiro atoms. The Morgan fingerprint density at radius 2 is 2.17 bits per heavy atom. The molecule has 13 heteroatoms. The molecule has 0 amide bonds. The van der Waals surface area contributed by atoms with E-state index < -0.39 is 42.4 Å². The van der Waals surface area contributed by atoms with E-state index in [9.17, 15) is 28.2 Å². The number of alkyl halides is 3. The van der Waals surface area contributed by atoms with Gasteiger partial charge >= 0.3 is 6.18 Å². The number of H-pyrrole nitrogens is 1. The maximum atomic E-state index is 13.4. The number of aromatic amines is 1. The summed E-state index contributed by atoms with van der Waals surface area (Å²) in [5, 5.41) is 29.0. The maximum absolute atomic E-state index is 13.4. The molecule has 1 fully saturated rings. The number of imidazole rings is 1. The molecule has 1 saturated heterocycles. The lowest BCUT2D eigenvalue weighted by Gasteiger charge is -2.33. The normalized spacial score (nSPS) is 31.0. The predicted octanol–water partition coefficient (Wildman–Crippen LogP) is -1.75. The van der Waals surface area contributed by atoms with Gasteiger partial charge in [0.15, 0.2) is 17.4 Å². The summed E-state index contributed by atoms with van der Waals surface area (Å²) >= 11 is 0. The lowest BCUT2D eigenvalue weighted by atomic mass is 9.93. The van der Waals surface area contributed by atoms with E-state index >= 15 is 0 Å². The number of nitrogens with two attached hydrogens (primary N) is 1. The third kappa shape index (κ3) is 2.09. The lowest BCUT2D eigenvalue weighted by molar-refractivity contribution is -0.303. The van der Waals surface area contributed by atoms with Gasteiger partial charge in [0.2, 0.25) is 11.5 Å². The van der Waals surface area contributed by atoms with Gasteiger partial charge in [-0.2, -0.15) is 18.2 Å². The van der Waals surface area contributed by atoms with Crippen molar-refractivity contribution in [1.82, 2.24) is 19.5 Å². The van der Waals surface area contributed by atoms with Crippen LogP contribution in [-0.4, -0.2) is 65.4 Å². The van der Waals surface area contributed by atoms with Gasteiger partial charge in [-0.05, 0) is 0 Å². The molecule has 4 atom stereocenters. The molecule has 3 heterocycles. The Kier molecular flexibility index (Phi) is 3.56. The van der Waals surface area contributed by atoms with Crippen LogP contribution < -0.4 is 11.3 Å². The zero-order valence-electron chi connectivity index (χ0n) is 11.7. The second kappa shape index (κ2) is 5.14. The molecule has 132 valence electrons. The molecule has 2 aromatic rings. The number of fused-ring (bicyclic) bond motifs is 1. The number of nitrogens with one attached hydrogen (secondary N) is 1. The summed E-state index contributed by atoms with van der Waals surface area (Å²) in [6, 6.07) is 0. The van der Waals surface area contributed by atoms with E-state index in [0.29, 0.717) is 4.57 Å². The van der Waals surface area contributed by atoms with E-state index in [1.165, 1.54) is 0 Å². The van der Waals surface area contributed by atoms with Crippen molar-refractivity contribution in [3.05, 3.63) is 16.7 Å². The highest BCUT2D eigenvalue weighted by Crippen LogP contribution is 2.48. The second-order valence-corrected chi connectivity index (χ2v) is 5.25. The summed E-state index contributed by atoms with van der Waals surface area (Å²) in [6.45, 7) is -0.973. The third-order valence-corrected chi connectivity index (χ3v) is 3.82. The van der Waals surface area contributed by atoms with Crippen LogP contribution in [0.15, 0.2) is 11.1 Å². The van der Waals surface area contributed by atoms with Crippen molar-refractivity contribution in [3.63, 3.8) is 0 Å². The van der Waals surface area contributed by atoms with Gasteiger partial charge in [-0.25, -0.2) is 4.98 Å². The Morgan fingerprint density at radius 3 is 2.75 bits per heavy atom. The average molecular weight is 351 g/mol. The first-order valence-corrected chi connectivity index (χ1v) is 6.57. The molecular weight excluding hydrogens is 339 g/mol. The van der Waals surface area contributed by atoms with E-state index in [2.05, 4.69) is 15.0 Å². The van der Waals surface area contributed by atoms with Crippen molar-refractivity contribution in [1.29, 1.82) is 0 Å². The summed E-state index contributed by atoms with van der Waals surface area (Å²) in [7, 11) is 0. The van der Waals surface area contributed by atoms with Crippen LogP contribution in [0.2, 0.25) is 0 Å². The molecular formula is C11H12F3N5O5. The summed E-state index contributed by atoms with van der Waals surface area (Å²) in [5.74, 6) is -0.387. The van der Waals surface area contributed by atoms with Gasteiger partial charge in [-0.15, -0.1) is 0 Å². The predicted molar refractivity (Wildman–Crippen MR) is 70.6 cm³/mol. The Labute approximate surface area is 130 Å². The zero-order chi connectivity index (χ0) is 17.9. The number of hydrogen-bond acceptors (Lipinski definition) is 8. The van der Waals surface area contributed by atoms with Crippen LogP contribution in [0.4, 0.5) is 19.1 Å². The highest BCUT2D eigenvalue weighted by molar-refractivity contribution is 5.70. The fraction of sp³-hybridized carbons (Fsp3) is 0.545. The molecule has 0 aliphatic carbocycles. The Hall–Kier alpha value is -2.22. The minimum absolute atomic E-state index is 0.334. The number of anilines is 1. The molecule has 0 aromatic carbocycles. The molecule has 1 aliphatic heterocycles. The van der Waals surface area contributed by atoms with Gasteiger partial charge < -0.3 is 25.8 Å². The monoisotopic (exact) mass is 351 g/mol. The van der Waals surface area contributed by atoms with E-state index in [4.69, 9.17) is 15.6 Å². The van der Waals surface area contributed by atoms with Crippen molar-refractivity contribution < 1.29 is 33.2 Å². The van der Waals surface area contributed by atoms with Crippen LogP contribution in [0.25, 0.3) is 11.2 Å². The van der Waals surface area contributed by atoms with Crippen molar-refractivity contribution in [2.24, 2.45) is 0 Å². The fourth-order valence-corrected chi connectivity index (χ4v) is 2.62. The van der Waals surface area contributed by atoms with Gasteiger partial charge in [0, 0.05) is 0 Å². The number of rotatable bonds is 2. The molecule has 3 rings (SSSR count). The third-order valence-electron chi connectivity index (χ3n) is 3.82. The average Bonchev–Trinajstić information content (AvgIpc) is 3.00. The SMILES string of the molecule is Nc1nc2c(ncn2[C@@H]2O[C@H](CO)[C@@H](O)[C@]2(O)C(F)(F)F)c(=O)[nH]1. The highest BCUT2D eigenvalue weighted by Gasteiger charge is 2.70. The Bertz CT molecular complexity index is 836.